The van der Waals surface area contributed by atoms with Gasteiger partial charge in [-0.2, -0.15) is 0 Å². The Labute approximate surface area is 667 Å². The molecule has 1 aromatic heterocycles. The third-order valence-electron chi connectivity index (χ3n) is 19.2. The van der Waals surface area contributed by atoms with Gasteiger partial charge in [-0.05, 0) is 70.5 Å². The van der Waals surface area contributed by atoms with Gasteiger partial charge in [0.1, 0.15) is 36.4 Å². The largest absolute Gasteiger partial charge is 0.479 e. The number of carbonyl (C=O) groups excluding carboxylic acids is 8. The standard InChI is InChI=1S/C78H99Cl2N9O23S/c1-46(2)66(85-63(91)21-26-103-28-30-105-32-34-107-36-37-108-35-33-106-31-29-104-27-22-81)58(90)38-48(10-9-23-83-76(82)100)71(95)84-51-17-15-47(16-18-51)45-109-77(101)86(3)24-25-87(4)78(102)111-60-40-57-65(55-14-8-6-12-53(55)60)50(42-80)44-89(57)73(97)62-20-19-61(113-62)72(96)88-43-49(41-79)64-54-13-7-5-11-52(54)59(39-56(64)88)110-75-69(94)67(92)68(93)70(112-75)74(98)99/h5-8,11-20,39-40,46,48-50,66-70,75,92-94H,9-10,21-38,41-45,81H2,1-4H3,(H,84,95)(H,85,91)(H,98,99)(H3,82,83,100)/t48-,49-,50-,66+,67+,68+,69?,70?,75-/m1/s1. The maximum atomic E-state index is 14.8. The number of amides is 8. The van der Waals surface area contributed by atoms with E-state index < -0.39 is 90.5 Å². The molecule has 0 saturated carbocycles. The van der Waals surface area contributed by atoms with Crippen LogP contribution in [-0.2, 0) is 63.7 Å². The molecule has 3 aliphatic rings. The molecular formula is C78H99Cl2N9O23S. The Morgan fingerprint density at radius 1 is 0.637 bits per heavy atom. The van der Waals surface area contributed by atoms with Crippen molar-refractivity contribution >= 4 is 127 Å². The second kappa shape index (κ2) is 43.5. The van der Waals surface area contributed by atoms with E-state index in [4.69, 9.17) is 82.0 Å². The highest BCUT2D eigenvalue weighted by atomic mass is 35.5. The molecule has 11 N–H and O–H groups in total. The fourth-order valence-electron chi connectivity index (χ4n) is 13.2. The number of ketones is 1. The second-order valence-electron chi connectivity index (χ2n) is 27.5. The van der Waals surface area contributed by atoms with Crippen LogP contribution in [0.25, 0.3) is 21.5 Å². The van der Waals surface area contributed by atoms with Crippen molar-refractivity contribution in [2.45, 2.75) is 94.7 Å². The van der Waals surface area contributed by atoms with Gasteiger partial charge >= 0.3 is 24.2 Å². The predicted octanol–water partition coefficient (Wildman–Crippen LogP) is 6.54. The summed E-state index contributed by atoms with van der Waals surface area (Å²) < 4.78 is 56.0. The Kier molecular flexibility index (Phi) is 33.9. The lowest BCUT2D eigenvalue weighted by Crippen LogP contribution is -2.61. The Morgan fingerprint density at radius 3 is 1.64 bits per heavy atom. The van der Waals surface area contributed by atoms with E-state index >= 15 is 0 Å². The van der Waals surface area contributed by atoms with E-state index in [1.54, 1.807) is 98.8 Å². The fourth-order valence-corrected chi connectivity index (χ4v) is 14.6. The van der Waals surface area contributed by atoms with Crippen LogP contribution in [0.3, 0.4) is 0 Å². The second-order valence-corrected chi connectivity index (χ2v) is 29.2. The van der Waals surface area contributed by atoms with Crippen molar-refractivity contribution in [2.75, 3.05) is 160 Å². The number of carboxylic acids is 1. The lowest BCUT2D eigenvalue weighted by Gasteiger charge is -2.38. The molecule has 4 heterocycles. The van der Waals surface area contributed by atoms with E-state index in [0.29, 0.717) is 122 Å². The number of likely N-dealkylation sites (N-methyl/N-ethyl adjacent to an activating group) is 2. The van der Waals surface area contributed by atoms with Gasteiger partial charge in [0.25, 0.3) is 11.8 Å². The molecule has 0 radical (unpaired) electrons. The molecule has 0 aliphatic carbocycles. The Bertz CT molecular complexity index is 4240. The first kappa shape index (κ1) is 88.0. The molecule has 113 heavy (non-hydrogen) atoms. The number of carboxylic acid groups (broad SMARTS) is 1. The van der Waals surface area contributed by atoms with Crippen LogP contribution < -0.4 is 46.7 Å². The summed E-state index contributed by atoms with van der Waals surface area (Å²) in [6.45, 7) is 8.80. The third kappa shape index (κ3) is 23.9. The van der Waals surface area contributed by atoms with E-state index in [1.165, 1.54) is 33.7 Å². The van der Waals surface area contributed by atoms with E-state index in [-0.39, 0.29) is 135 Å². The van der Waals surface area contributed by atoms with Crippen LogP contribution in [-0.4, -0.2) is 265 Å². The number of aliphatic hydroxyl groups excluding tert-OH is 3. The van der Waals surface area contributed by atoms with Crippen LogP contribution in [0.15, 0.2) is 97.1 Å². The quantitative estimate of drug-likeness (QED) is 0.0145. The zero-order valence-corrected chi connectivity index (χ0v) is 65.7. The molecule has 35 heteroatoms. The van der Waals surface area contributed by atoms with Crippen molar-refractivity contribution < 1.29 is 111 Å². The zero-order valence-electron chi connectivity index (χ0n) is 63.3. The number of primary amides is 1. The van der Waals surface area contributed by atoms with Crippen LogP contribution in [0.2, 0.25) is 0 Å². The minimum Gasteiger partial charge on any atom is -0.479 e. The van der Waals surface area contributed by atoms with Crippen molar-refractivity contribution in [1.29, 1.82) is 0 Å². The summed E-state index contributed by atoms with van der Waals surface area (Å²) in [5, 5.41) is 52.1. The van der Waals surface area contributed by atoms with Crippen LogP contribution in [0.1, 0.15) is 87.4 Å². The molecule has 0 bridgehead atoms. The molecule has 8 amide bonds. The third-order valence-corrected chi connectivity index (χ3v) is 21.0. The highest BCUT2D eigenvalue weighted by molar-refractivity contribution is 7.16. The average Bonchev–Trinajstić information content (AvgIpc) is 1.62. The number of anilines is 3. The van der Waals surface area contributed by atoms with Gasteiger partial charge in [-0.25, -0.2) is 19.2 Å². The number of hydrogen-bond acceptors (Lipinski definition) is 24. The Hall–Kier alpha value is -8.91. The van der Waals surface area contributed by atoms with E-state index in [0.717, 1.165) is 16.9 Å². The van der Waals surface area contributed by atoms with Crippen molar-refractivity contribution in [1.82, 2.24) is 20.4 Å². The predicted molar refractivity (Wildman–Crippen MR) is 419 cm³/mol. The zero-order chi connectivity index (χ0) is 81.3. The van der Waals surface area contributed by atoms with Crippen molar-refractivity contribution in [3.63, 3.8) is 0 Å². The van der Waals surface area contributed by atoms with Gasteiger partial charge in [-0.15, -0.1) is 34.5 Å². The summed E-state index contributed by atoms with van der Waals surface area (Å²) in [7, 11) is 3.00. The number of nitrogens with one attached hydrogen (secondary N) is 3. The Morgan fingerprint density at radius 2 is 1.13 bits per heavy atom. The van der Waals surface area contributed by atoms with Gasteiger partial charge < -0.3 is 115 Å². The molecular weight excluding hydrogens is 1530 g/mol. The summed E-state index contributed by atoms with van der Waals surface area (Å²) in [6.07, 6.45) is -10.6. The number of aliphatic hydroxyl groups is 3. The topological polar surface area (TPSA) is 428 Å². The van der Waals surface area contributed by atoms with Crippen LogP contribution in [0.5, 0.6) is 11.5 Å². The maximum absolute atomic E-state index is 14.8. The van der Waals surface area contributed by atoms with Gasteiger partial charge in [-0.3, -0.25) is 24.0 Å². The number of hydrogen-bond donors (Lipinski definition) is 9. The van der Waals surface area contributed by atoms with Gasteiger partial charge in [0, 0.05) is 124 Å². The van der Waals surface area contributed by atoms with E-state index in [9.17, 15) is 63.6 Å². The number of nitrogens with zero attached hydrogens (tertiary/aromatic N) is 4. The van der Waals surface area contributed by atoms with Gasteiger partial charge in [-0.1, -0.05) is 74.5 Å². The molecule has 2 unspecified atom stereocenters. The average molecular weight is 1630 g/mol. The molecule has 5 aromatic carbocycles. The maximum Gasteiger partial charge on any atom is 0.415 e. The Balaban J connectivity index is 0.740. The number of carbonyl (C=O) groups is 9. The van der Waals surface area contributed by atoms with Crippen LogP contribution >= 0.6 is 34.5 Å². The monoisotopic (exact) mass is 1630 g/mol. The first-order chi connectivity index (χ1) is 54.4. The number of thiophene rings is 1. The van der Waals surface area contributed by atoms with Crippen molar-refractivity contribution in [3.05, 3.63) is 124 Å². The number of aliphatic carboxylic acids is 1. The number of urea groups is 1. The summed E-state index contributed by atoms with van der Waals surface area (Å²) in [5.41, 5.74) is 13.9. The normalized spacial score (nSPS) is 18.3. The SMILES string of the molecule is CC(C)[C@H](NC(=O)CCOCCOCCOCCOCCOCCOCCN)C(=O)C[C@@H](CCCNC(N)=O)C(=O)Nc1ccc(COC(=O)N(C)CCN(C)C(=O)Oc2cc3c(c4ccccc24)[C@H](CCl)CN3C(=O)c2ccc(C(=O)N3C[C@@H](CCl)c4c3cc(O[C@@H]3OC(C(=O)O)[C@@H](O)[C@H](O)C3O)c3ccccc43)s2)cc1. The van der Waals surface area contributed by atoms with Gasteiger partial charge in [0.2, 0.25) is 18.1 Å². The summed E-state index contributed by atoms with van der Waals surface area (Å²) in [6, 6.07) is 25.4. The lowest BCUT2D eigenvalue weighted by atomic mass is 9.89. The minimum atomic E-state index is -1.95. The highest BCUT2D eigenvalue weighted by Gasteiger charge is 2.49. The summed E-state index contributed by atoms with van der Waals surface area (Å²) >= 11 is 14.2. The molecule has 3 aliphatic heterocycles. The van der Waals surface area contributed by atoms with E-state index in [2.05, 4.69) is 16.0 Å². The van der Waals surface area contributed by atoms with Gasteiger partial charge in [0.15, 0.2) is 11.9 Å². The number of benzene rings is 5. The summed E-state index contributed by atoms with van der Waals surface area (Å²) in [4.78, 5) is 127. The van der Waals surface area contributed by atoms with Gasteiger partial charge in [0.05, 0.1) is 106 Å². The van der Waals surface area contributed by atoms with Crippen molar-refractivity contribution in [3.8, 4) is 11.5 Å². The first-order valence-electron chi connectivity index (χ1n) is 37.2. The molecule has 1 fully saturated rings. The number of ether oxygens (including phenoxy) is 10. The number of halogens is 2. The lowest BCUT2D eigenvalue weighted by molar-refractivity contribution is -0.270. The molecule has 6 aromatic rings. The molecule has 614 valence electrons. The number of nitrogens with two attached hydrogens (primary N) is 2. The van der Waals surface area contributed by atoms with Crippen molar-refractivity contribution in [2.24, 2.45) is 23.3 Å². The molecule has 1 saturated heterocycles. The minimum absolute atomic E-state index is 0.00331. The number of fused-ring (bicyclic) bond motifs is 6. The highest BCUT2D eigenvalue weighted by Crippen LogP contribution is 2.49. The molecule has 32 nitrogen and oxygen atoms in total. The molecule has 9 rings (SSSR count). The summed E-state index contributed by atoms with van der Waals surface area (Å²) in [5.74, 6) is -5.22. The number of alkyl halides is 2. The fraction of sp³-hybridized carbons (Fsp3) is 0.500. The molecule has 9 atom stereocenters. The smallest absolute Gasteiger partial charge is 0.415 e. The van der Waals surface area contributed by atoms with E-state index in [1.807, 2.05) is 12.1 Å². The number of rotatable bonds is 44. The number of Topliss-reactive ketones (excluding diaryl/α,β-unsaturated/α-hetero) is 1. The van der Waals surface area contributed by atoms with Crippen LogP contribution in [0.4, 0.5) is 31.4 Å². The molecule has 0 spiro atoms. The first-order valence-corrected chi connectivity index (χ1v) is 39.1. The van der Waals surface area contributed by atoms with Crippen LogP contribution in [0, 0.1) is 11.8 Å².